The van der Waals surface area contributed by atoms with E-state index in [1.807, 2.05) is 24.3 Å². The number of ether oxygens (including phenoxy) is 1. The predicted molar refractivity (Wildman–Crippen MR) is 119 cm³/mol. The smallest absolute Gasteiger partial charge is 0.248 e. The van der Waals surface area contributed by atoms with E-state index in [4.69, 9.17) is 22.7 Å². The first-order chi connectivity index (χ1) is 14.2. The standard InChI is InChI=1S/C22H24N4O2S/c23-9-7-21(29)20-8-10-24-15-18(20)3-6-22(27)25-19-4-1-17(2-5-19)16-26-11-13-28-14-12-26/h1-10,15H,11-14,16,23H2,(H,25,27)/b6-3+,9-7?. The molecular weight excluding hydrogens is 384 g/mol. The van der Waals surface area contributed by atoms with Crippen molar-refractivity contribution < 1.29 is 9.53 Å². The van der Waals surface area contributed by atoms with E-state index < -0.39 is 0 Å². The minimum Gasteiger partial charge on any atom is -0.405 e. The van der Waals surface area contributed by atoms with Gasteiger partial charge in [0.15, 0.2) is 0 Å². The summed E-state index contributed by atoms with van der Waals surface area (Å²) < 4.78 is 5.37. The van der Waals surface area contributed by atoms with Gasteiger partial charge in [0.2, 0.25) is 5.91 Å². The first-order valence-corrected chi connectivity index (χ1v) is 9.81. The van der Waals surface area contributed by atoms with Gasteiger partial charge in [-0.25, -0.2) is 0 Å². The molecule has 1 fully saturated rings. The van der Waals surface area contributed by atoms with Crippen molar-refractivity contribution in [1.82, 2.24) is 9.88 Å². The van der Waals surface area contributed by atoms with Crippen LogP contribution < -0.4 is 11.1 Å². The minimum atomic E-state index is -0.221. The van der Waals surface area contributed by atoms with Crippen LogP contribution in [0.3, 0.4) is 0 Å². The number of nitrogens with two attached hydrogens (primary N) is 1. The van der Waals surface area contributed by atoms with Crippen LogP contribution in [0.1, 0.15) is 16.7 Å². The summed E-state index contributed by atoms with van der Waals surface area (Å²) in [5, 5.41) is 2.87. The van der Waals surface area contributed by atoms with Gasteiger partial charge in [0.1, 0.15) is 0 Å². The molecule has 3 N–H and O–H groups in total. The van der Waals surface area contributed by atoms with Crippen molar-refractivity contribution in [2.45, 2.75) is 6.54 Å². The van der Waals surface area contributed by atoms with E-state index in [0.29, 0.717) is 4.86 Å². The maximum Gasteiger partial charge on any atom is 0.248 e. The Balaban J connectivity index is 1.59. The molecule has 1 saturated heterocycles. The number of carbonyl (C=O) groups is 1. The third kappa shape index (κ3) is 6.32. The topological polar surface area (TPSA) is 80.5 Å². The fourth-order valence-corrected chi connectivity index (χ4v) is 3.27. The number of nitrogens with one attached hydrogen (secondary N) is 1. The normalized spacial score (nSPS) is 15.0. The van der Waals surface area contributed by atoms with Gasteiger partial charge in [0.25, 0.3) is 0 Å². The summed E-state index contributed by atoms with van der Waals surface area (Å²) in [6.07, 6.45) is 9.52. The van der Waals surface area contributed by atoms with Crippen molar-refractivity contribution in [1.29, 1.82) is 0 Å². The molecular formula is C22H24N4O2S. The van der Waals surface area contributed by atoms with E-state index in [0.717, 1.165) is 49.7 Å². The Morgan fingerprint density at radius 2 is 1.97 bits per heavy atom. The maximum atomic E-state index is 12.3. The molecule has 0 aliphatic carbocycles. The number of nitrogens with zero attached hydrogens (tertiary/aromatic N) is 2. The summed E-state index contributed by atoms with van der Waals surface area (Å²) in [5.41, 5.74) is 8.93. The molecule has 29 heavy (non-hydrogen) atoms. The monoisotopic (exact) mass is 408 g/mol. The molecule has 0 atom stereocenters. The largest absolute Gasteiger partial charge is 0.405 e. The SMILES string of the molecule is NC=CC(=S)c1ccncc1/C=C/C(=O)Nc1ccc(CN2CCOCC2)cc1. The van der Waals surface area contributed by atoms with Crippen molar-refractivity contribution in [3.8, 4) is 0 Å². The van der Waals surface area contributed by atoms with Crippen molar-refractivity contribution in [3.05, 3.63) is 77.8 Å². The van der Waals surface area contributed by atoms with Crippen LogP contribution in [0.2, 0.25) is 0 Å². The highest BCUT2D eigenvalue weighted by Crippen LogP contribution is 2.14. The average molecular weight is 409 g/mol. The number of aromatic nitrogens is 1. The van der Waals surface area contributed by atoms with Crippen molar-refractivity contribution >= 4 is 34.8 Å². The van der Waals surface area contributed by atoms with Crippen LogP contribution in [0.15, 0.2) is 61.1 Å². The van der Waals surface area contributed by atoms with Crippen LogP contribution in [-0.4, -0.2) is 47.0 Å². The Morgan fingerprint density at radius 3 is 2.69 bits per heavy atom. The van der Waals surface area contributed by atoms with Crippen LogP contribution in [-0.2, 0) is 16.1 Å². The lowest BCUT2D eigenvalue weighted by molar-refractivity contribution is -0.111. The van der Waals surface area contributed by atoms with Gasteiger partial charge < -0.3 is 15.8 Å². The van der Waals surface area contributed by atoms with Crippen molar-refractivity contribution in [2.24, 2.45) is 5.73 Å². The number of amides is 1. The van der Waals surface area contributed by atoms with Gasteiger partial charge in [-0.2, -0.15) is 0 Å². The number of hydrogen-bond donors (Lipinski definition) is 2. The summed E-state index contributed by atoms with van der Waals surface area (Å²) in [6, 6.07) is 9.70. The van der Waals surface area contributed by atoms with Crippen LogP contribution in [0, 0.1) is 0 Å². The zero-order chi connectivity index (χ0) is 20.5. The molecule has 150 valence electrons. The van der Waals surface area contributed by atoms with E-state index in [1.165, 1.54) is 17.8 Å². The molecule has 0 radical (unpaired) electrons. The van der Waals surface area contributed by atoms with Crippen LogP contribution >= 0.6 is 12.2 Å². The Morgan fingerprint density at radius 1 is 1.21 bits per heavy atom. The third-order valence-corrected chi connectivity index (χ3v) is 4.87. The number of pyridine rings is 1. The Kier molecular flexibility index (Phi) is 7.63. The van der Waals surface area contributed by atoms with Crippen LogP contribution in [0.4, 0.5) is 5.69 Å². The molecule has 0 bridgehead atoms. The van der Waals surface area contributed by atoms with Crippen LogP contribution in [0.5, 0.6) is 0 Å². The second kappa shape index (κ2) is 10.6. The first kappa shape index (κ1) is 20.9. The number of allylic oxidation sites excluding steroid dienone is 1. The zero-order valence-electron chi connectivity index (χ0n) is 16.1. The third-order valence-electron chi connectivity index (χ3n) is 4.51. The molecule has 1 aromatic heterocycles. The molecule has 2 heterocycles. The fraction of sp³-hybridized carbons (Fsp3) is 0.227. The number of anilines is 1. The zero-order valence-corrected chi connectivity index (χ0v) is 16.9. The maximum absolute atomic E-state index is 12.3. The Bertz CT molecular complexity index is 903. The molecule has 6 nitrogen and oxygen atoms in total. The summed E-state index contributed by atoms with van der Waals surface area (Å²) >= 11 is 5.32. The summed E-state index contributed by atoms with van der Waals surface area (Å²) in [6.45, 7) is 4.35. The van der Waals surface area contributed by atoms with E-state index in [2.05, 4.69) is 15.2 Å². The Labute approximate surface area is 176 Å². The van der Waals surface area contributed by atoms with E-state index in [1.54, 1.807) is 30.6 Å². The highest BCUT2D eigenvalue weighted by molar-refractivity contribution is 7.81. The lowest BCUT2D eigenvalue weighted by Crippen LogP contribution is -2.35. The van der Waals surface area contributed by atoms with Gasteiger partial charge in [-0.05, 0) is 42.1 Å². The average Bonchev–Trinajstić information content (AvgIpc) is 2.75. The second-order valence-electron chi connectivity index (χ2n) is 6.59. The summed E-state index contributed by atoms with van der Waals surface area (Å²) in [7, 11) is 0. The number of hydrogen-bond acceptors (Lipinski definition) is 6. The second-order valence-corrected chi connectivity index (χ2v) is 7.03. The predicted octanol–water partition coefficient (Wildman–Crippen LogP) is 2.76. The van der Waals surface area contributed by atoms with Gasteiger partial charge in [0, 0.05) is 59.8 Å². The molecule has 1 aromatic carbocycles. The molecule has 1 amide bonds. The summed E-state index contributed by atoms with van der Waals surface area (Å²) in [4.78, 5) is 19.3. The molecule has 1 aliphatic heterocycles. The number of morpholine rings is 1. The lowest BCUT2D eigenvalue weighted by Gasteiger charge is -2.26. The van der Waals surface area contributed by atoms with E-state index in [-0.39, 0.29) is 5.91 Å². The fourth-order valence-electron chi connectivity index (χ4n) is 3.00. The van der Waals surface area contributed by atoms with Crippen molar-refractivity contribution in [2.75, 3.05) is 31.6 Å². The number of carbonyl (C=O) groups excluding carboxylic acids is 1. The number of benzene rings is 1. The lowest BCUT2D eigenvalue weighted by atomic mass is 10.1. The molecule has 0 saturated carbocycles. The van der Waals surface area contributed by atoms with Crippen molar-refractivity contribution in [3.63, 3.8) is 0 Å². The molecule has 1 aliphatic rings. The minimum absolute atomic E-state index is 0.221. The van der Waals surface area contributed by atoms with E-state index >= 15 is 0 Å². The molecule has 2 aromatic rings. The van der Waals surface area contributed by atoms with Gasteiger partial charge in [0.05, 0.1) is 13.2 Å². The summed E-state index contributed by atoms with van der Waals surface area (Å²) in [5.74, 6) is -0.221. The molecule has 0 spiro atoms. The van der Waals surface area contributed by atoms with Gasteiger partial charge in [-0.15, -0.1) is 0 Å². The van der Waals surface area contributed by atoms with Crippen LogP contribution in [0.25, 0.3) is 6.08 Å². The molecule has 0 unspecified atom stereocenters. The highest BCUT2D eigenvalue weighted by Gasteiger charge is 2.10. The number of rotatable bonds is 7. The van der Waals surface area contributed by atoms with Gasteiger partial charge >= 0.3 is 0 Å². The highest BCUT2D eigenvalue weighted by atomic mass is 32.1. The molecule has 3 rings (SSSR count). The van der Waals surface area contributed by atoms with E-state index in [9.17, 15) is 4.79 Å². The first-order valence-electron chi connectivity index (χ1n) is 9.40. The Hall–Kier alpha value is -2.87. The molecule has 7 heteroatoms. The quantitative estimate of drug-likeness (QED) is 0.417. The van der Waals surface area contributed by atoms with Gasteiger partial charge in [-0.3, -0.25) is 14.7 Å². The van der Waals surface area contributed by atoms with Gasteiger partial charge in [-0.1, -0.05) is 24.4 Å². The number of thiocarbonyl (C=S) groups is 1.